The Morgan fingerprint density at radius 3 is 3.00 bits per heavy atom. The monoisotopic (exact) mass is 273 g/mol. The van der Waals surface area contributed by atoms with E-state index in [0.29, 0.717) is 10.8 Å². The molecular weight excluding hydrogens is 262 g/mol. The van der Waals surface area contributed by atoms with Crippen molar-refractivity contribution in [3.05, 3.63) is 35.6 Å². The average molecular weight is 273 g/mol. The Kier molecular flexibility index (Phi) is 2.88. The first-order chi connectivity index (χ1) is 9.22. The summed E-state index contributed by atoms with van der Waals surface area (Å²) in [6.07, 6.45) is 3.31. The van der Waals surface area contributed by atoms with Crippen molar-refractivity contribution in [2.75, 3.05) is 10.6 Å². The van der Waals surface area contributed by atoms with Crippen molar-refractivity contribution >= 4 is 39.2 Å². The fraction of sp³-hybridized carbons (Fsp3) is 0.0833. The highest BCUT2D eigenvalue weighted by atomic mass is 32.1. The molecule has 19 heavy (non-hydrogen) atoms. The Hall–Kier alpha value is -2.41. The van der Waals surface area contributed by atoms with Crippen molar-refractivity contribution in [1.29, 1.82) is 0 Å². The smallest absolute Gasteiger partial charge is 0.325 e. The zero-order valence-corrected chi connectivity index (χ0v) is 10.9. The van der Waals surface area contributed by atoms with Gasteiger partial charge in [0, 0.05) is 11.1 Å². The van der Waals surface area contributed by atoms with Gasteiger partial charge in [-0.1, -0.05) is 6.07 Å². The first kappa shape index (κ1) is 11.7. The van der Waals surface area contributed by atoms with Crippen LogP contribution in [0, 0.1) is 6.92 Å². The molecule has 3 rings (SSSR count). The maximum Gasteiger partial charge on any atom is 0.325 e. The van der Waals surface area contributed by atoms with Crippen LogP contribution in [0.4, 0.5) is 15.6 Å². The molecule has 0 saturated carbocycles. The number of urea groups is 1. The van der Waals surface area contributed by atoms with Gasteiger partial charge in [-0.3, -0.25) is 5.32 Å². The van der Waals surface area contributed by atoms with E-state index in [1.807, 2.05) is 19.1 Å². The van der Waals surface area contributed by atoms with Crippen LogP contribution in [0.3, 0.4) is 0 Å². The van der Waals surface area contributed by atoms with Gasteiger partial charge in [-0.15, -0.1) is 11.3 Å². The molecule has 0 saturated heterocycles. The normalized spacial score (nSPS) is 10.6. The van der Waals surface area contributed by atoms with Gasteiger partial charge in [-0.2, -0.15) is 0 Å². The maximum absolute atomic E-state index is 11.9. The number of aryl methyl sites for hydroxylation is 1. The van der Waals surface area contributed by atoms with Crippen molar-refractivity contribution in [3.63, 3.8) is 0 Å². The highest BCUT2D eigenvalue weighted by Gasteiger charge is 2.08. The highest BCUT2D eigenvalue weighted by molar-refractivity contribution is 7.15. The summed E-state index contributed by atoms with van der Waals surface area (Å²) in [6, 6.07) is 5.22. The number of nitrogens with one attached hydrogen (secondary N) is 3. The van der Waals surface area contributed by atoms with Gasteiger partial charge in [0.05, 0.1) is 17.5 Å². The number of thiazole rings is 1. The second-order valence-corrected chi connectivity index (χ2v) is 5.19. The third-order valence-electron chi connectivity index (χ3n) is 2.54. The quantitative estimate of drug-likeness (QED) is 0.671. The van der Waals surface area contributed by atoms with Gasteiger partial charge in [0.2, 0.25) is 0 Å². The van der Waals surface area contributed by atoms with Crippen LogP contribution in [-0.2, 0) is 0 Å². The molecule has 3 aromatic rings. The van der Waals surface area contributed by atoms with Crippen LogP contribution in [0.1, 0.15) is 4.88 Å². The van der Waals surface area contributed by atoms with Crippen LogP contribution in [0.25, 0.3) is 11.0 Å². The first-order valence-corrected chi connectivity index (χ1v) is 6.46. The lowest BCUT2D eigenvalue weighted by Crippen LogP contribution is -2.19. The predicted octanol–water partition coefficient (Wildman–Crippen LogP) is 2.97. The molecule has 0 fully saturated rings. The number of rotatable bonds is 2. The number of hydrogen-bond donors (Lipinski definition) is 3. The topological polar surface area (TPSA) is 82.7 Å². The number of para-hydroxylation sites is 1. The fourth-order valence-corrected chi connectivity index (χ4v) is 2.39. The van der Waals surface area contributed by atoms with E-state index in [-0.39, 0.29) is 6.03 Å². The van der Waals surface area contributed by atoms with E-state index >= 15 is 0 Å². The number of carbonyl (C=O) groups is 1. The van der Waals surface area contributed by atoms with Gasteiger partial charge < -0.3 is 10.3 Å². The van der Waals surface area contributed by atoms with Crippen molar-refractivity contribution < 1.29 is 4.79 Å². The van der Waals surface area contributed by atoms with Crippen LogP contribution >= 0.6 is 11.3 Å². The Labute approximate surface area is 112 Å². The van der Waals surface area contributed by atoms with Gasteiger partial charge in [-0.25, -0.2) is 14.8 Å². The second kappa shape index (κ2) is 4.69. The SMILES string of the molecule is Cc1cnc(NC(=O)Nc2cccc3[nH]cnc23)s1. The average Bonchev–Trinajstić information content (AvgIpc) is 2.98. The van der Waals surface area contributed by atoms with E-state index in [4.69, 9.17) is 0 Å². The minimum Gasteiger partial charge on any atom is -0.345 e. The number of amides is 2. The number of imidazole rings is 1. The number of carbonyl (C=O) groups excluding carboxylic acids is 1. The third-order valence-corrected chi connectivity index (χ3v) is 3.37. The van der Waals surface area contributed by atoms with E-state index in [1.54, 1.807) is 18.6 Å². The summed E-state index contributed by atoms with van der Waals surface area (Å²) in [4.78, 5) is 24.1. The number of anilines is 2. The zero-order valence-electron chi connectivity index (χ0n) is 10.1. The molecule has 7 heteroatoms. The summed E-state index contributed by atoms with van der Waals surface area (Å²) in [6.45, 7) is 1.94. The number of aromatic nitrogens is 3. The number of fused-ring (bicyclic) bond motifs is 1. The summed E-state index contributed by atoms with van der Waals surface area (Å²) in [7, 11) is 0. The molecule has 0 bridgehead atoms. The Balaban J connectivity index is 1.77. The molecular formula is C12H11N5OS. The lowest BCUT2D eigenvalue weighted by Gasteiger charge is -2.05. The minimum absolute atomic E-state index is 0.329. The second-order valence-electron chi connectivity index (χ2n) is 3.96. The van der Waals surface area contributed by atoms with Gasteiger partial charge in [-0.05, 0) is 19.1 Å². The molecule has 0 spiro atoms. The third kappa shape index (κ3) is 2.41. The van der Waals surface area contributed by atoms with Crippen molar-refractivity contribution in [1.82, 2.24) is 15.0 Å². The van der Waals surface area contributed by atoms with Crippen molar-refractivity contribution in [2.24, 2.45) is 0 Å². The van der Waals surface area contributed by atoms with Crippen molar-refractivity contribution in [2.45, 2.75) is 6.92 Å². The van der Waals surface area contributed by atoms with Gasteiger partial charge in [0.25, 0.3) is 0 Å². The number of aromatic amines is 1. The van der Waals surface area contributed by atoms with E-state index < -0.39 is 0 Å². The molecule has 6 nitrogen and oxygen atoms in total. The van der Waals surface area contributed by atoms with E-state index in [0.717, 1.165) is 15.9 Å². The van der Waals surface area contributed by atoms with Crippen LogP contribution in [0.2, 0.25) is 0 Å². The molecule has 2 aromatic heterocycles. The number of nitrogens with zero attached hydrogens (tertiary/aromatic N) is 2. The Bertz CT molecular complexity index is 732. The summed E-state index contributed by atoms with van der Waals surface area (Å²) in [5.74, 6) is 0. The molecule has 0 aliphatic carbocycles. The molecule has 2 amide bonds. The largest absolute Gasteiger partial charge is 0.345 e. The summed E-state index contributed by atoms with van der Waals surface area (Å²) >= 11 is 1.43. The molecule has 2 heterocycles. The molecule has 0 unspecified atom stereocenters. The number of H-pyrrole nitrogens is 1. The van der Waals surface area contributed by atoms with E-state index in [1.165, 1.54) is 11.3 Å². The predicted molar refractivity (Wildman–Crippen MR) is 75.6 cm³/mol. The zero-order chi connectivity index (χ0) is 13.2. The van der Waals surface area contributed by atoms with Gasteiger partial charge >= 0.3 is 6.03 Å². The molecule has 1 aromatic carbocycles. The Morgan fingerprint density at radius 1 is 1.32 bits per heavy atom. The standard InChI is InChI=1S/C12H11N5OS/c1-7-5-13-12(19-7)17-11(18)16-9-4-2-3-8-10(9)15-6-14-8/h2-6H,1H3,(H,14,15)(H2,13,16,17,18). The number of hydrogen-bond acceptors (Lipinski definition) is 4. The van der Waals surface area contributed by atoms with Crippen LogP contribution in [-0.4, -0.2) is 21.0 Å². The molecule has 0 aliphatic rings. The molecule has 3 N–H and O–H groups in total. The van der Waals surface area contributed by atoms with Gasteiger partial charge in [0.15, 0.2) is 5.13 Å². The minimum atomic E-state index is -0.329. The summed E-state index contributed by atoms with van der Waals surface area (Å²) in [5, 5.41) is 6.02. The summed E-state index contributed by atoms with van der Waals surface area (Å²) < 4.78 is 0. The molecule has 0 radical (unpaired) electrons. The van der Waals surface area contributed by atoms with Crippen LogP contribution in [0.5, 0.6) is 0 Å². The molecule has 0 atom stereocenters. The number of benzene rings is 1. The molecule has 0 aliphatic heterocycles. The Morgan fingerprint density at radius 2 is 2.21 bits per heavy atom. The van der Waals surface area contributed by atoms with Crippen molar-refractivity contribution in [3.8, 4) is 0 Å². The molecule has 96 valence electrons. The van der Waals surface area contributed by atoms with E-state index in [2.05, 4.69) is 25.6 Å². The fourth-order valence-electron chi connectivity index (χ4n) is 1.73. The van der Waals surface area contributed by atoms with E-state index in [9.17, 15) is 4.79 Å². The van der Waals surface area contributed by atoms with Crippen LogP contribution in [0.15, 0.2) is 30.7 Å². The first-order valence-electron chi connectivity index (χ1n) is 5.65. The van der Waals surface area contributed by atoms with Crippen LogP contribution < -0.4 is 10.6 Å². The lowest BCUT2D eigenvalue weighted by molar-refractivity contribution is 0.262. The lowest BCUT2D eigenvalue weighted by atomic mass is 10.2. The summed E-state index contributed by atoms with van der Waals surface area (Å²) in [5.41, 5.74) is 2.26. The highest BCUT2D eigenvalue weighted by Crippen LogP contribution is 2.21. The van der Waals surface area contributed by atoms with Gasteiger partial charge in [0.1, 0.15) is 5.52 Å². The maximum atomic E-state index is 11.9.